The van der Waals surface area contributed by atoms with Gasteiger partial charge in [0.05, 0.1) is 27.9 Å². The first kappa shape index (κ1) is 19.9. The van der Waals surface area contributed by atoms with E-state index in [9.17, 15) is 9.59 Å². The van der Waals surface area contributed by atoms with Gasteiger partial charge in [-0.05, 0) is 30.7 Å². The molecule has 0 bridgehead atoms. The lowest BCUT2D eigenvalue weighted by Crippen LogP contribution is -2.28. The highest BCUT2D eigenvalue weighted by Crippen LogP contribution is 2.21. The van der Waals surface area contributed by atoms with E-state index >= 15 is 0 Å². The summed E-state index contributed by atoms with van der Waals surface area (Å²) in [5.41, 5.74) is 2.55. The van der Waals surface area contributed by atoms with Gasteiger partial charge >= 0.3 is 0 Å². The van der Waals surface area contributed by atoms with Crippen molar-refractivity contribution in [3.05, 3.63) is 75.9 Å². The van der Waals surface area contributed by atoms with Crippen LogP contribution in [0.3, 0.4) is 0 Å². The Bertz CT molecular complexity index is 1200. The fourth-order valence-corrected chi connectivity index (χ4v) is 3.97. The molecule has 0 radical (unpaired) electrons. The topological polar surface area (TPSA) is 89.8 Å². The second kappa shape index (κ2) is 9.41. The van der Waals surface area contributed by atoms with Crippen molar-refractivity contribution in [2.24, 2.45) is 0 Å². The molecule has 30 heavy (non-hydrogen) atoms. The van der Waals surface area contributed by atoms with E-state index in [1.54, 1.807) is 35.9 Å². The van der Waals surface area contributed by atoms with Gasteiger partial charge in [-0.3, -0.25) is 19.1 Å². The number of hydrogen-bond acceptors (Lipinski definition) is 6. The lowest BCUT2D eigenvalue weighted by molar-refractivity contribution is -0.121. The predicted octanol–water partition coefficient (Wildman–Crippen LogP) is 3.05. The predicted molar refractivity (Wildman–Crippen MR) is 117 cm³/mol. The second-order valence-electron chi connectivity index (χ2n) is 6.83. The molecule has 152 valence electrons. The summed E-state index contributed by atoms with van der Waals surface area (Å²) in [5, 5.41) is 6.56. The van der Waals surface area contributed by atoms with Crippen LogP contribution in [0.5, 0.6) is 0 Å². The van der Waals surface area contributed by atoms with Gasteiger partial charge in [-0.15, -0.1) is 11.3 Å². The molecule has 4 aromatic rings. The number of hydrogen-bond donors (Lipinski definition) is 1. The molecule has 0 saturated heterocycles. The van der Waals surface area contributed by atoms with Crippen molar-refractivity contribution in [2.75, 3.05) is 6.54 Å². The summed E-state index contributed by atoms with van der Waals surface area (Å²) in [6.45, 7) is 0.887. The number of fused-ring (bicyclic) bond motifs is 1. The molecule has 0 unspecified atom stereocenters. The Morgan fingerprint density at radius 3 is 2.83 bits per heavy atom. The van der Waals surface area contributed by atoms with E-state index in [0.717, 1.165) is 29.1 Å². The van der Waals surface area contributed by atoms with Crippen LogP contribution in [0.1, 0.15) is 17.8 Å². The van der Waals surface area contributed by atoms with Gasteiger partial charge in [-0.2, -0.15) is 0 Å². The molecule has 3 aromatic heterocycles. The van der Waals surface area contributed by atoms with Crippen molar-refractivity contribution in [1.82, 2.24) is 24.8 Å². The van der Waals surface area contributed by atoms with Crippen LogP contribution in [0.2, 0.25) is 0 Å². The number of carbonyl (C=O) groups excluding carboxylic acids is 1. The number of aryl methyl sites for hydroxylation is 2. The van der Waals surface area contributed by atoms with Gasteiger partial charge < -0.3 is 5.32 Å². The number of benzene rings is 1. The highest BCUT2D eigenvalue weighted by atomic mass is 32.1. The number of carbonyl (C=O) groups is 1. The number of amides is 1. The van der Waals surface area contributed by atoms with Crippen molar-refractivity contribution in [2.45, 2.75) is 25.8 Å². The van der Waals surface area contributed by atoms with E-state index in [2.05, 4.69) is 20.3 Å². The van der Waals surface area contributed by atoms with E-state index in [1.165, 1.54) is 10.9 Å². The Labute approximate surface area is 177 Å². The lowest BCUT2D eigenvalue weighted by atomic mass is 10.2. The van der Waals surface area contributed by atoms with Gasteiger partial charge in [0.25, 0.3) is 5.56 Å². The summed E-state index contributed by atoms with van der Waals surface area (Å²) in [7, 11) is 0. The standard InChI is InChI=1S/C22H21N5O2S/c28-20(9-13-27-15-25-18-5-2-1-4-17(18)22(27)29)24-10-3-6-21-26-19(14-30-21)16-7-11-23-12-8-16/h1-2,4-5,7-8,11-12,14-15H,3,6,9-10,13H2,(H,24,28). The lowest BCUT2D eigenvalue weighted by Gasteiger charge is -2.07. The van der Waals surface area contributed by atoms with Crippen LogP contribution in [0, 0.1) is 0 Å². The number of aromatic nitrogens is 4. The zero-order valence-corrected chi connectivity index (χ0v) is 17.1. The molecule has 0 aliphatic heterocycles. The first-order valence-corrected chi connectivity index (χ1v) is 10.6. The number of rotatable bonds is 8. The maximum atomic E-state index is 12.4. The second-order valence-corrected chi connectivity index (χ2v) is 7.77. The highest BCUT2D eigenvalue weighted by Gasteiger charge is 2.07. The third-order valence-electron chi connectivity index (χ3n) is 4.73. The number of thiazole rings is 1. The summed E-state index contributed by atoms with van der Waals surface area (Å²) in [6, 6.07) is 11.1. The van der Waals surface area contributed by atoms with Crippen molar-refractivity contribution in [3.63, 3.8) is 0 Å². The summed E-state index contributed by atoms with van der Waals surface area (Å²) in [6.07, 6.45) is 6.87. The van der Waals surface area contributed by atoms with Gasteiger partial charge in [0.1, 0.15) is 0 Å². The van der Waals surface area contributed by atoms with E-state index in [0.29, 0.717) is 24.0 Å². The molecule has 3 heterocycles. The maximum Gasteiger partial charge on any atom is 0.261 e. The van der Waals surface area contributed by atoms with E-state index < -0.39 is 0 Å². The summed E-state index contributed by atoms with van der Waals surface area (Å²) >= 11 is 1.62. The molecular weight excluding hydrogens is 398 g/mol. The largest absolute Gasteiger partial charge is 0.356 e. The minimum absolute atomic E-state index is 0.0772. The molecule has 1 aromatic carbocycles. The maximum absolute atomic E-state index is 12.4. The van der Waals surface area contributed by atoms with E-state index in [4.69, 9.17) is 0 Å². The van der Waals surface area contributed by atoms with Gasteiger partial charge in [-0.25, -0.2) is 9.97 Å². The van der Waals surface area contributed by atoms with Crippen molar-refractivity contribution in [3.8, 4) is 11.3 Å². The Hall–Kier alpha value is -3.39. The fraction of sp³-hybridized carbons (Fsp3) is 0.227. The van der Waals surface area contributed by atoms with Crippen LogP contribution in [-0.2, 0) is 17.8 Å². The summed E-state index contributed by atoms with van der Waals surface area (Å²) < 4.78 is 1.48. The molecule has 4 rings (SSSR count). The van der Waals surface area contributed by atoms with Crippen LogP contribution in [-0.4, -0.2) is 32.0 Å². The molecule has 1 N–H and O–H groups in total. The van der Waals surface area contributed by atoms with Gasteiger partial charge in [-0.1, -0.05) is 12.1 Å². The minimum atomic E-state index is -0.123. The van der Waals surface area contributed by atoms with Gasteiger partial charge in [0, 0.05) is 49.3 Å². The van der Waals surface area contributed by atoms with Gasteiger partial charge in [0.2, 0.25) is 5.91 Å². The third kappa shape index (κ3) is 4.77. The highest BCUT2D eigenvalue weighted by molar-refractivity contribution is 7.09. The Kier molecular flexibility index (Phi) is 6.24. The third-order valence-corrected chi connectivity index (χ3v) is 5.64. The Morgan fingerprint density at radius 1 is 1.13 bits per heavy atom. The normalized spacial score (nSPS) is 10.9. The first-order valence-electron chi connectivity index (χ1n) is 9.76. The average Bonchev–Trinajstić information content (AvgIpc) is 3.26. The Morgan fingerprint density at radius 2 is 1.97 bits per heavy atom. The number of nitrogens with zero attached hydrogens (tertiary/aromatic N) is 4. The average molecular weight is 420 g/mol. The fourth-order valence-electron chi connectivity index (χ4n) is 3.12. The van der Waals surface area contributed by atoms with Crippen LogP contribution in [0.25, 0.3) is 22.2 Å². The van der Waals surface area contributed by atoms with Crippen LogP contribution >= 0.6 is 11.3 Å². The van der Waals surface area contributed by atoms with Crippen LogP contribution < -0.4 is 10.9 Å². The first-order chi connectivity index (χ1) is 14.7. The van der Waals surface area contributed by atoms with Crippen LogP contribution in [0.15, 0.2) is 65.3 Å². The number of nitrogens with one attached hydrogen (secondary N) is 1. The summed E-state index contributed by atoms with van der Waals surface area (Å²) in [4.78, 5) is 37.5. The van der Waals surface area contributed by atoms with Gasteiger partial charge in [0.15, 0.2) is 0 Å². The smallest absolute Gasteiger partial charge is 0.261 e. The quantitative estimate of drug-likeness (QED) is 0.443. The monoisotopic (exact) mass is 419 g/mol. The van der Waals surface area contributed by atoms with Crippen molar-refractivity contribution in [1.29, 1.82) is 0 Å². The molecule has 0 aliphatic carbocycles. The molecule has 0 saturated carbocycles. The van der Waals surface area contributed by atoms with Crippen molar-refractivity contribution >= 4 is 28.1 Å². The molecule has 0 aliphatic rings. The van der Waals surface area contributed by atoms with E-state index in [-0.39, 0.29) is 17.9 Å². The molecular formula is C22H21N5O2S. The number of pyridine rings is 1. The molecule has 0 spiro atoms. The van der Waals surface area contributed by atoms with E-state index in [1.807, 2.05) is 29.6 Å². The zero-order valence-electron chi connectivity index (χ0n) is 16.3. The SMILES string of the molecule is O=C(CCn1cnc2ccccc2c1=O)NCCCc1nc(-c2ccncc2)cs1. The Balaban J connectivity index is 1.22. The molecule has 0 atom stereocenters. The van der Waals surface area contributed by atoms with Crippen molar-refractivity contribution < 1.29 is 4.79 Å². The zero-order chi connectivity index (χ0) is 20.8. The van der Waals surface area contributed by atoms with Crippen LogP contribution in [0.4, 0.5) is 0 Å². The molecule has 8 heteroatoms. The molecule has 7 nitrogen and oxygen atoms in total. The minimum Gasteiger partial charge on any atom is -0.356 e. The molecule has 1 amide bonds. The molecule has 0 fully saturated rings. The summed E-state index contributed by atoms with van der Waals surface area (Å²) in [5.74, 6) is -0.0772. The number of para-hydroxylation sites is 1.